The van der Waals surface area contributed by atoms with E-state index in [1.807, 2.05) is 0 Å². The summed E-state index contributed by atoms with van der Waals surface area (Å²) in [5.74, 6) is -0.375. The van der Waals surface area contributed by atoms with Crippen molar-refractivity contribution in [2.45, 2.75) is 25.7 Å². The molecule has 0 bridgehead atoms. The molecule has 1 rings (SSSR count). The molecule has 0 aromatic heterocycles. The van der Waals surface area contributed by atoms with E-state index in [1.54, 1.807) is 18.2 Å². The first-order valence-corrected chi connectivity index (χ1v) is 7.77. The predicted molar refractivity (Wildman–Crippen MR) is 88.8 cm³/mol. The van der Waals surface area contributed by atoms with Crippen LogP contribution in [-0.4, -0.2) is 29.8 Å². The van der Waals surface area contributed by atoms with Gasteiger partial charge in [0.25, 0.3) is 6.54 Å². The normalized spacial score (nSPS) is 10.2. The van der Waals surface area contributed by atoms with Gasteiger partial charge in [-0.3, -0.25) is 14.9 Å². The number of nitrogens with one attached hydrogen (secondary N) is 2. The summed E-state index contributed by atoms with van der Waals surface area (Å²) >= 11 is 11.6. The Kier molecular flexibility index (Phi) is 8.36. The van der Waals surface area contributed by atoms with Crippen LogP contribution in [0, 0.1) is 10.1 Å². The Morgan fingerprint density at radius 2 is 1.87 bits per heavy atom. The van der Waals surface area contributed by atoms with Crippen molar-refractivity contribution < 1.29 is 14.5 Å². The molecule has 23 heavy (non-hydrogen) atoms. The molecule has 0 aliphatic rings. The number of nitrogens with zero attached hydrogens (tertiary/aromatic N) is 1. The van der Waals surface area contributed by atoms with Gasteiger partial charge in [-0.15, -0.1) is 0 Å². The van der Waals surface area contributed by atoms with Crippen LogP contribution < -0.4 is 10.6 Å². The Labute approximate surface area is 143 Å². The number of carbonyl (C=O) groups is 2. The van der Waals surface area contributed by atoms with Crippen LogP contribution in [0.4, 0.5) is 10.5 Å². The third kappa shape index (κ3) is 8.37. The molecule has 0 atom stereocenters. The van der Waals surface area contributed by atoms with Crippen LogP contribution in [-0.2, 0) is 4.79 Å². The van der Waals surface area contributed by atoms with E-state index in [0.29, 0.717) is 41.5 Å². The lowest BCUT2D eigenvalue weighted by Gasteiger charge is -2.08. The number of benzene rings is 1. The van der Waals surface area contributed by atoms with Gasteiger partial charge < -0.3 is 10.6 Å². The van der Waals surface area contributed by atoms with Gasteiger partial charge in [-0.05, 0) is 31.0 Å². The van der Waals surface area contributed by atoms with E-state index in [0.717, 1.165) is 0 Å². The van der Waals surface area contributed by atoms with Crippen molar-refractivity contribution in [1.29, 1.82) is 0 Å². The van der Waals surface area contributed by atoms with Gasteiger partial charge in [-0.25, -0.2) is 4.79 Å². The van der Waals surface area contributed by atoms with Gasteiger partial charge in [0, 0.05) is 23.6 Å². The summed E-state index contributed by atoms with van der Waals surface area (Å²) in [6.45, 7) is -0.180. The van der Waals surface area contributed by atoms with E-state index in [1.165, 1.54) is 0 Å². The fourth-order valence-electron chi connectivity index (χ4n) is 1.80. The number of halogens is 2. The molecule has 1 aromatic carbocycles. The van der Waals surface area contributed by atoms with Crippen LogP contribution in [0.1, 0.15) is 25.7 Å². The van der Waals surface area contributed by atoms with Gasteiger partial charge in [0.15, 0.2) is 0 Å². The SMILES string of the molecule is O=C(CCCCCNC(=O)Nc1ccc(Cl)c(Cl)c1)C[N+](=O)[O-]. The summed E-state index contributed by atoms with van der Waals surface area (Å²) in [6.07, 6.45) is 2.15. The highest BCUT2D eigenvalue weighted by molar-refractivity contribution is 6.42. The summed E-state index contributed by atoms with van der Waals surface area (Å²) in [4.78, 5) is 32.2. The highest BCUT2D eigenvalue weighted by Crippen LogP contribution is 2.24. The molecule has 0 aliphatic carbocycles. The number of hydrogen-bond acceptors (Lipinski definition) is 4. The summed E-state index contributed by atoms with van der Waals surface area (Å²) in [6, 6.07) is 4.40. The van der Waals surface area contributed by atoms with Crippen molar-refractivity contribution >= 4 is 40.7 Å². The number of nitro groups is 1. The Balaban J connectivity index is 2.13. The molecule has 0 fully saturated rings. The monoisotopic (exact) mass is 361 g/mol. The molecule has 0 unspecified atom stereocenters. The summed E-state index contributed by atoms with van der Waals surface area (Å²) in [5.41, 5.74) is 0.530. The van der Waals surface area contributed by atoms with Crippen LogP contribution in [0.3, 0.4) is 0 Å². The average molecular weight is 362 g/mol. The third-order valence-corrected chi connectivity index (χ3v) is 3.64. The fourth-order valence-corrected chi connectivity index (χ4v) is 2.10. The molecular weight excluding hydrogens is 345 g/mol. The van der Waals surface area contributed by atoms with E-state index >= 15 is 0 Å². The first-order chi connectivity index (χ1) is 10.9. The highest BCUT2D eigenvalue weighted by Gasteiger charge is 2.08. The van der Waals surface area contributed by atoms with Gasteiger partial charge in [0.2, 0.25) is 5.78 Å². The number of unbranched alkanes of at least 4 members (excludes halogenated alkanes) is 2. The number of amides is 2. The fraction of sp³-hybridized carbons (Fsp3) is 0.429. The van der Waals surface area contributed by atoms with E-state index in [4.69, 9.17) is 23.2 Å². The minimum Gasteiger partial charge on any atom is -0.338 e. The first-order valence-electron chi connectivity index (χ1n) is 7.02. The van der Waals surface area contributed by atoms with Crippen LogP contribution >= 0.6 is 23.2 Å². The quantitative estimate of drug-likeness (QED) is 0.399. The lowest BCUT2D eigenvalue weighted by Crippen LogP contribution is -2.29. The molecule has 0 saturated heterocycles. The minimum absolute atomic E-state index is 0.191. The number of rotatable bonds is 9. The zero-order valence-corrected chi connectivity index (χ0v) is 13.8. The predicted octanol–water partition coefficient (Wildman–Crippen LogP) is 3.52. The van der Waals surface area contributed by atoms with E-state index in [9.17, 15) is 19.7 Å². The van der Waals surface area contributed by atoms with Gasteiger partial charge in [-0.2, -0.15) is 0 Å². The first kappa shape index (κ1) is 19.2. The van der Waals surface area contributed by atoms with Gasteiger partial charge >= 0.3 is 6.03 Å². The lowest BCUT2D eigenvalue weighted by molar-refractivity contribution is -0.467. The van der Waals surface area contributed by atoms with Crippen molar-refractivity contribution in [2.24, 2.45) is 0 Å². The molecule has 0 aliphatic heterocycles. The average Bonchev–Trinajstić information content (AvgIpc) is 2.46. The van der Waals surface area contributed by atoms with Crippen LogP contribution in [0.25, 0.3) is 0 Å². The standard InChI is InChI=1S/C14H17Cl2N3O4/c15-12-6-5-10(8-13(12)16)18-14(21)17-7-3-1-2-4-11(20)9-19(22)23/h5-6,8H,1-4,7,9H2,(H2,17,18,21). The topological polar surface area (TPSA) is 101 Å². The maximum absolute atomic E-state index is 11.6. The van der Waals surface area contributed by atoms with E-state index < -0.39 is 11.5 Å². The summed E-state index contributed by atoms with van der Waals surface area (Å²) < 4.78 is 0. The number of urea groups is 1. The molecule has 0 heterocycles. The molecule has 126 valence electrons. The highest BCUT2D eigenvalue weighted by atomic mass is 35.5. The molecular formula is C14H17Cl2N3O4. The number of hydrogen-bond donors (Lipinski definition) is 2. The Hall–Kier alpha value is -1.86. The molecule has 0 saturated carbocycles. The Morgan fingerprint density at radius 3 is 2.52 bits per heavy atom. The van der Waals surface area contributed by atoms with E-state index in [-0.39, 0.29) is 18.2 Å². The molecule has 2 N–H and O–H groups in total. The third-order valence-electron chi connectivity index (χ3n) is 2.90. The van der Waals surface area contributed by atoms with Crippen LogP contribution in [0.15, 0.2) is 18.2 Å². The van der Waals surface area contributed by atoms with Gasteiger partial charge in [0.1, 0.15) is 0 Å². The smallest absolute Gasteiger partial charge is 0.319 e. The summed E-state index contributed by atoms with van der Waals surface area (Å²) in [7, 11) is 0. The molecule has 0 radical (unpaired) electrons. The summed E-state index contributed by atoms with van der Waals surface area (Å²) in [5, 5.41) is 16.2. The maximum atomic E-state index is 11.6. The largest absolute Gasteiger partial charge is 0.338 e. The van der Waals surface area contributed by atoms with Crippen molar-refractivity contribution in [3.05, 3.63) is 38.4 Å². The van der Waals surface area contributed by atoms with Crippen molar-refractivity contribution in [1.82, 2.24) is 5.32 Å². The zero-order valence-electron chi connectivity index (χ0n) is 12.3. The number of Topliss-reactive ketones (excluding diaryl/α,β-unsaturated/α-hetero) is 1. The van der Waals surface area contributed by atoms with E-state index in [2.05, 4.69) is 10.6 Å². The van der Waals surface area contributed by atoms with Gasteiger partial charge in [0.05, 0.1) is 10.0 Å². The molecule has 0 spiro atoms. The second-order valence-corrected chi connectivity index (χ2v) is 5.66. The Bertz CT molecular complexity index is 581. The minimum atomic E-state index is -0.628. The van der Waals surface area contributed by atoms with Crippen LogP contribution in [0.2, 0.25) is 10.0 Å². The molecule has 9 heteroatoms. The molecule has 7 nitrogen and oxygen atoms in total. The number of carbonyl (C=O) groups excluding carboxylic acids is 2. The van der Waals surface area contributed by atoms with Crippen molar-refractivity contribution in [3.63, 3.8) is 0 Å². The van der Waals surface area contributed by atoms with Crippen molar-refractivity contribution in [2.75, 3.05) is 18.4 Å². The second kappa shape index (κ2) is 10.0. The van der Waals surface area contributed by atoms with Crippen molar-refractivity contribution in [3.8, 4) is 0 Å². The number of anilines is 1. The zero-order chi connectivity index (χ0) is 17.2. The van der Waals surface area contributed by atoms with Gasteiger partial charge in [-0.1, -0.05) is 29.6 Å². The van der Waals surface area contributed by atoms with Crippen LogP contribution in [0.5, 0.6) is 0 Å². The Morgan fingerprint density at radius 1 is 1.13 bits per heavy atom. The molecule has 1 aromatic rings. The lowest BCUT2D eigenvalue weighted by atomic mass is 10.1. The maximum Gasteiger partial charge on any atom is 0.319 e. The second-order valence-electron chi connectivity index (χ2n) is 4.85. The number of ketones is 1. The molecule has 2 amide bonds.